The van der Waals surface area contributed by atoms with Crippen molar-refractivity contribution in [2.45, 2.75) is 65.4 Å². The van der Waals surface area contributed by atoms with E-state index in [-0.39, 0.29) is 30.4 Å². The molecule has 2 aromatic carbocycles. The average Bonchev–Trinajstić information content (AvgIpc) is 3.35. The number of amides is 1. The van der Waals surface area contributed by atoms with Crippen LogP contribution in [0.15, 0.2) is 29.2 Å². The SMILES string of the molecule is Cc1c(C)c(C)c(S(=O)(=O)NCCC(=O)OCc2ccc(C(=O)N3CCCC3)cc2)c(C)c1C. The number of esters is 1. The molecule has 0 aromatic heterocycles. The Morgan fingerprint density at radius 2 is 1.41 bits per heavy atom. The molecule has 1 aliphatic heterocycles. The second kappa shape index (κ2) is 10.7. The van der Waals surface area contributed by atoms with Crippen LogP contribution in [0, 0.1) is 34.6 Å². The van der Waals surface area contributed by atoms with Crippen LogP contribution in [-0.4, -0.2) is 44.8 Å². The third-order valence-corrected chi connectivity index (χ3v) is 8.55. The molecule has 1 heterocycles. The molecule has 0 atom stereocenters. The Morgan fingerprint density at radius 1 is 0.882 bits per heavy atom. The molecule has 1 N–H and O–H groups in total. The normalized spacial score (nSPS) is 13.9. The Morgan fingerprint density at radius 3 is 1.97 bits per heavy atom. The van der Waals surface area contributed by atoms with Gasteiger partial charge in [-0.05, 0) is 93.0 Å². The monoisotopic (exact) mass is 486 g/mol. The number of rotatable bonds is 8. The number of nitrogens with one attached hydrogen (secondary N) is 1. The second-order valence-corrected chi connectivity index (χ2v) is 10.7. The van der Waals surface area contributed by atoms with Gasteiger partial charge in [0.2, 0.25) is 10.0 Å². The van der Waals surface area contributed by atoms with Crippen LogP contribution in [0.25, 0.3) is 0 Å². The molecule has 1 amide bonds. The molecule has 0 aliphatic carbocycles. The predicted octanol–water partition coefficient (Wildman–Crippen LogP) is 3.88. The third kappa shape index (κ3) is 5.67. The van der Waals surface area contributed by atoms with E-state index in [0.29, 0.717) is 5.56 Å². The Balaban J connectivity index is 1.51. The lowest BCUT2D eigenvalue weighted by Crippen LogP contribution is -2.28. The summed E-state index contributed by atoms with van der Waals surface area (Å²) in [6.07, 6.45) is 2.01. The van der Waals surface area contributed by atoms with E-state index in [2.05, 4.69) is 4.72 Å². The molecule has 184 valence electrons. The summed E-state index contributed by atoms with van der Waals surface area (Å²) in [5.41, 5.74) is 5.84. The highest BCUT2D eigenvalue weighted by atomic mass is 32.2. The van der Waals surface area contributed by atoms with Gasteiger partial charge in [-0.25, -0.2) is 13.1 Å². The lowest BCUT2D eigenvalue weighted by molar-refractivity contribution is -0.144. The highest BCUT2D eigenvalue weighted by Crippen LogP contribution is 2.29. The minimum absolute atomic E-state index is 0.0257. The molecule has 0 bridgehead atoms. The smallest absolute Gasteiger partial charge is 0.307 e. The Kier molecular flexibility index (Phi) is 8.15. The van der Waals surface area contributed by atoms with Gasteiger partial charge in [0.25, 0.3) is 5.91 Å². The topological polar surface area (TPSA) is 92.8 Å². The summed E-state index contributed by atoms with van der Waals surface area (Å²) < 4.78 is 33.7. The van der Waals surface area contributed by atoms with Crippen LogP contribution in [-0.2, 0) is 26.2 Å². The quantitative estimate of drug-likeness (QED) is 0.572. The maximum Gasteiger partial charge on any atom is 0.307 e. The van der Waals surface area contributed by atoms with Gasteiger partial charge in [-0.15, -0.1) is 0 Å². The summed E-state index contributed by atoms with van der Waals surface area (Å²) in [6, 6.07) is 7.03. The highest BCUT2D eigenvalue weighted by Gasteiger charge is 2.24. The number of carbonyl (C=O) groups is 2. The zero-order valence-electron chi connectivity index (χ0n) is 20.7. The molecule has 2 aromatic rings. The Hall–Kier alpha value is -2.71. The number of sulfonamides is 1. The standard InChI is InChI=1S/C26H34N2O5S/c1-17-18(2)20(4)25(21(5)19(17)3)34(31,32)27-13-12-24(29)33-16-22-8-10-23(11-9-22)26(30)28-14-6-7-15-28/h8-11,27H,6-7,12-16H2,1-5H3. The minimum atomic E-state index is -3.76. The van der Waals surface area contributed by atoms with Gasteiger partial charge in [0, 0.05) is 25.2 Å². The summed E-state index contributed by atoms with van der Waals surface area (Å²) in [4.78, 5) is 26.7. The zero-order chi connectivity index (χ0) is 25.0. The van der Waals surface area contributed by atoms with Gasteiger partial charge >= 0.3 is 5.97 Å². The van der Waals surface area contributed by atoms with E-state index in [1.54, 1.807) is 24.3 Å². The molecule has 1 fully saturated rings. The molecule has 1 saturated heterocycles. The van der Waals surface area contributed by atoms with Crippen LogP contribution >= 0.6 is 0 Å². The molecule has 34 heavy (non-hydrogen) atoms. The van der Waals surface area contributed by atoms with Crippen molar-refractivity contribution in [2.24, 2.45) is 0 Å². The Labute approximate surface area is 202 Å². The van der Waals surface area contributed by atoms with E-state index < -0.39 is 16.0 Å². The van der Waals surface area contributed by atoms with Gasteiger partial charge in [0.1, 0.15) is 6.61 Å². The highest BCUT2D eigenvalue weighted by molar-refractivity contribution is 7.89. The van der Waals surface area contributed by atoms with E-state index in [1.807, 2.05) is 39.5 Å². The largest absolute Gasteiger partial charge is 0.461 e. The molecule has 0 radical (unpaired) electrons. The number of hydrogen-bond acceptors (Lipinski definition) is 5. The second-order valence-electron chi connectivity index (χ2n) is 8.96. The van der Waals surface area contributed by atoms with E-state index >= 15 is 0 Å². The fourth-order valence-corrected chi connectivity index (χ4v) is 5.94. The van der Waals surface area contributed by atoms with Crippen molar-refractivity contribution in [3.8, 4) is 0 Å². The molecular weight excluding hydrogens is 452 g/mol. The summed E-state index contributed by atoms with van der Waals surface area (Å²) in [5, 5.41) is 0. The Bertz CT molecular complexity index is 1150. The maximum absolute atomic E-state index is 12.9. The summed E-state index contributed by atoms with van der Waals surface area (Å²) >= 11 is 0. The van der Waals surface area contributed by atoms with Crippen LogP contribution in [0.2, 0.25) is 0 Å². The number of benzene rings is 2. The first kappa shape index (κ1) is 25.9. The maximum atomic E-state index is 12.9. The molecule has 0 unspecified atom stereocenters. The van der Waals surface area contributed by atoms with E-state index in [9.17, 15) is 18.0 Å². The number of carbonyl (C=O) groups excluding carboxylic acids is 2. The molecule has 0 saturated carbocycles. The van der Waals surface area contributed by atoms with Crippen LogP contribution in [0.3, 0.4) is 0 Å². The lowest BCUT2D eigenvalue weighted by atomic mass is 9.95. The van der Waals surface area contributed by atoms with Crippen molar-refractivity contribution in [2.75, 3.05) is 19.6 Å². The number of likely N-dealkylation sites (tertiary alicyclic amines) is 1. The molecule has 1 aliphatic rings. The van der Waals surface area contributed by atoms with Crippen molar-refractivity contribution >= 4 is 21.9 Å². The van der Waals surface area contributed by atoms with E-state index in [4.69, 9.17) is 4.74 Å². The van der Waals surface area contributed by atoms with Gasteiger partial charge in [-0.1, -0.05) is 12.1 Å². The minimum Gasteiger partial charge on any atom is -0.461 e. The van der Waals surface area contributed by atoms with Gasteiger partial charge in [-0.3, -0.25) is 9.59 Å². The van der Waals surface area contributed by atoms with Crippen molar-refractivity contribution in [1.29, 1.82) is 0 Å². The first-order valence-electron chi connectivity index (χ1n) is 11.6. The van der Waals surface area contributed by atoms with Gasteiger partial charge in [-0.2, -0.15) is 0 Å². The molecule has 7 nitrogen and oxygen atoms in total. The third-order valence-electron chi connectivity index (χ3n) is 6.82. The van der Waals surface area contributed by atoms with Crippen molar-refractivity contribution in [3.05, 3.63) is 63.2 Å². The van der Waals surface area contributed by atoms with E-state index in [1.165, 1.54) is 0 Å². The molecule has 3 rings (SSSR count). The average molecular weight is 487 g/mol. The zero-order valence-corrected chi connectivity index (χ0v) is 21.5. The number of hydrogen-bond donors (Lipinski definition) is 1. The van der Waals surface area contributed by atoms with Crippen LogP contribution in [0.1, 0.15) is 63.0 Å². The molecular formula is C26H34N2O5S. The number of ether oxygens (including phenoxy) is 1. The molecule has 8 heteroatoms. The fourth-order valence-electron chi connectivity index (χ4n) is 4.31. The first-order valence-corrected chi connectivity index (χ1v) is 13.1. The van der Waals surface area contributed by atoms with Crippen LogP contribution in [0.5, 0.6) is 0 Å². The first-order chi connectivity index (χ1) is 16.0. The summed E-state index contributed by atoms with van der Waals surface area (Å²) in [7, 11) is -3.76. The van der Waals surface area contributed by atoms with E-state index in [0.717, 1.165) is 59.3 Å². The van der Waals surface area contributed by atoms with Crippen LogP contribution < -0.4 is 4.72 Å². The summed E-state index contributed by atoms with van der Waals surface area (Å²) in [5.74, 6) is -0.470. The van der Waals surface area contributed by atoms with Gasteiger partial charge in [0.15, 0.2) is 0 Å². The van der Waals surface area contributed by atoms with Gasteiger partial charge < -0.3 is 9.64 Å². The van der Waals surface area contributed by atoms with Crippen molar-refractivity contribution < 1.29 is 22.7 Å². The molecule has 0 spiro atoms. The van der Waals surface area contributed by atoms with Crippen LogP contribution in [0.4, 0.5) is 0 Å². The van der Waals surface area contributed by atoms with Gasteiger partial charge in [0.05, 0.1) is 11.3 Å². The predicted molar refractivity (Wildman–Crippen MR) is 131 cm³/mol. The number of nitrogens with zero attached hydrogens (tertiary/aromatic N) is 1. The van der Waals surface area contributed by atoms with Crippen molar-refractivity contribution in [3.63, 3.8) is 0 Å². The van der Waals surface area contributed by atoms with Crippen molar-refractivity contribution in [1.82, 2.24) is 9.62 Å². The lowest BCUT2D eigenvalue weighted by Gasteiger charge is -2.19. The fraction of sp³-hybridized carbons (Fsp3) is 0.462. The summed E-state index contributed by atoms with van der Waals surface area (Å²) in [6.45, 7) is 11.1.